The Morgan fingerprint density at radius 1 is 1.11 bits per heavy atom. The number of para-hydroxylation sites is 1. The molecule has 0 bridgehead atoms. The second-order valence-electron chi connectivity index (χ2n) is 13.0. The number of hydrogen-bond acceptors (Lipinski definition) is 4. The molecule has 3 unspecified atom stereocenters. The second-order valence-corrected chi connectivity index (χ2v) is 13.3. The van der Waals surface area contributed by atoms with Crippen LogP contribution in [-0.4, -0.2) is 28.9 Å². The van der Waals surface area contributed by atoms with Crippen molar-refractivity contribution >= 4 is 34.4 Å². The first-order chi connectivity index (χ1) is 18.2. The summed E-state index contributed by atoms with van der Waals surface area (Å²) in [6, 6.07) is 7.48. The summed E-state index contributed by atoms with van der Waals surface area (Å²) in [4.78, 5) is 31.6. The Balaban J connectivity index is 1.14. The second kappa shape index (κ2) is 9.82. The minimum atomic E-state index is -0.606. The maximum atomic E-state index is 13.2. The Kier molecular flexibility index (Phi) is 6.75. The van der Waals surface area contributed by atoms with Crippen LogP contribution in [0, 0.1) is 34.5 Å². The number of allylic oxidation sites excluding steroid dienone is 1. The molecule has 4 aliphatic rings. The van der Waals surface area contributed by atoms with E-state index in [0.717, 1.165) is 42.1 Å². The van der Waals surface area contributed by atoms with Crippen molar-refractivity contribution in [2.45, 2.75) is 90.7 Å². The molecule has 38 heavy (non-hydrogen) atoms. The molecule has 3 saturated carbocycles. The number of esters is 1. The first-order valence-corrected chi connectivity index (χ1v) is 15.0. The predicted molar refractivity (Wildman–Crippen MR) is 151 cm³/mol. The van der Waals surface area contributed by atoms with Crippen LogP contribution in [-0.2, 0) is 20.7 Å². The highest BCUT2D eigenvalue weighted by atomic mass is 35.5. The number of H-pyrrole nitrogens is 1. The van der Waals surface area contributed by atoms with E-state index in [4.69, 9.17) is 16.5 Å². The topological polar surface area (TPSA) is 71.2 Å². The number of nitrogens with one attached hydrogen (secondary N) is 2. The Morgan fingerprint density at radius 2 is 1.92 bits per heavy atom. The third-order valence-electron chi connectivity index (χ3n) is 11.3. The van der Waals surface area contributed by atoms with Crippen LogP contribution in [0.5, 0.6) is 0 Å². The van der Waals surface area contributed by atoms with Crippen LogP contribution in [0.15, 0.2) is 42.1 Å². The van der Waals surface area contributed by atoms with Crippen molar-refractivity contribution in [3.05, 3.63) is 47.7 Å². The van der Waals surface area contributed by atoms with Crippen LogP contribution >= 0.6 is 11.8 Å². The van der Waals surface area contributed by atoms with Gasteiger partial charge in [0.15, 0.2) is 0 Å². The molecule has 3 fully saturated rings. The van der Waals surface area contributed by atoms with E-state index in [2.05, 4.69) is 35.8 Å². The Hall–Kier alpha value is -2.11. The van der Waals surface area contributed by atoms with Crippen LogP contribution in [0.4, 0.5) is 0 Å². The van der Waals surface area contributed by atoms with E-state index in [1.54, 1.807) is 6.92 Å². The number of fused-ring (bicyclic) bond motifs is 6. The van der Waals surface area contributed by atoms with Gasteiger partial charge in [0.2, 0.25) is 0 Å². The van der Waals surface area contributed by atoms with E-state index in [0.29, 0.717) is 30.0 Å². The number of carbonyl (C=O) groups is 2. The summed E-state index contributed by atoms with van der Waals surface area (Å²) in [7, 11) is 0. The molecule has 0 saturated heterocycles. The number of rotatable bonds is 6. The fourth-order valence-corrected chi connectivity index (χ4v) is 9.54. The molecule has 1 aromatic carbocycles. The van der Waals surface area contributed by atoms with Crippen molar-refractivity contribution in [3.63, 3.8) is 0 Å². The molecule has 5 nitrogen and oxygen atoms in total. The molecule has 1 heterocycles. The van der Waals surface area contributed by atoms with Crippen molar-refractivity contribution in [3.8, 4) is 0 Å². The quantitative estimate of drug-likeness (QED) is 0.239. The van der Waals surface area contributed by atoms with Gasteiger partial charge in [-0.2, -0.15) is 0 Å². The number of ketones is 1. The zero-order valence-corrected chi connectivity index (χ0v) is 23.7. The predicted octanol–water partition coefficient (Wildman–Crippen LogP) is 6.90. The number of aromatic amines is 1. The lowest BCUT2D eigenvalue weighted by Gasteiger charge is -2.58. The molecule has 2 aromatic rings. The molecule has 6 heteroatoms. The van der Waals surface area contributed by atoms with Crippen molar-refractivity contribution in [2.75, 3.05) is 0 Å². The van der Waals surface area contributed by atoms with Crippen molar-refractivity contribution in [1.29, 1.82) is 0 Å². The van der Waals surface area contributed by atoms with E-state index < -0.39 is 6.04 Å². The van der Waals surface area contributed by atoms with Gasteiger partial charge in [-0.1, -0.05) is 37.6 Å². The SMILES string of the molecule is CC(=O)[C@H]1CCC2C3CCC4=C[C@@H](OC(=O)[C@H](Cc5c[nH]c6ccccc56)NCl)CC[C@]4(C)C3CC[C@@]21C. The number of Topliss-reactive ketones (excluding diaryl/α,β-unsaturated/α-hetero) is 1. The number of ether oxygens (including phenoxy) is 1. The van der Waals surface area contributed by atoms with E-state index >= 15 is 0 Å². The number of benzene rings is 1. The molecule has 1 aromatic heterocycles. The third kappa shape index (κ3) is 4.16. The van der Waals surface area contributed by atoms with Gasteiger partial charge in [0.25, 0.3) is 0 Å². The molecule has 6 rings (SSSR count). The zero-order chi connectivity index (χ0) is 26.7. The van der Waals surface area contributed by atoms with Crippen molar-refractivity contribution in [1.82, 2.24) is 9.82 Å². The van der Waals surface area contributed by atoms with E-state index in [1.807, 2.05) is 24.4 Å². The molecule has 0 spiro atoms. The summed E-state index contributed by atoms with van der Waals surface area (Å²) < 4.78 is 6.05. The lowest BCUT2D eigenvalue weighted by atomic mass is 9.46. The van der Waals surface area contributed by atoms with Gasteiger partial charge in [0.1, 0.15) is 17.9 Å². The van der Waals surface area contributed by atoms with Crippen molar-refractivity contribution in [2.24, 2.45) is 34.5 Å². The average Bonchev–Trinajstić information content (AvgIpc) is 3.48. The average molecular weight is 537 g/mol. The largest absolute Gasteiger partial charge is 0.457 e. The summed E-state index contributed by atoms with van der Waals surface area (Å²) in [6.45, 7) is 6.68. The Bertz CT molecular complexity index is 1270. The maximum Gasteiger partial charge on any atom is 0.325 e. The van der Waals surface area contributed by atoms with Gasteiger partial charge in [-0.3, -0.25) is 9.59 Å². The van der Waals surface area contributed by atoms with Crippen LogP contribution in [0.2, 0.25) is 0 Å². The summed E-state index contributed by atoms with van der Waals surface area (Å²) in [5.41, 5.74) is 3.95. The smallest absolute Gasteiger partial charge is 0.325 e. The summed E-state index contributed by atoms with van der Waals surface area (Å²) in [5.74, 6) is 2.40. The Labute approximate surface area is 231 Å². The number of aromatic nitrogens is 1. The number of carbonyl (C=O) groups excluding carboxylic acids is 2. The maximum absolute atomic E-state index is 13.2. The van der Waals surface area contributed by atoms with Crippen LogP contribution in [0.25, 0.3) is 10.9 Å². The van der Waals surface area contributed by atoms with Crippen LogP contribution in [0.1, 0.15) is 77.7 Å². The van der Waals surface area contributed by atoms with Crippen LogP contribution in [0.3, 0.4) is 0 Å². The van der Waals surface area contributed by atoms with Gasteiger partial charge in [-0.05, 0) is 116 Å². The fourth-order valence-electron chi connectivity index (χ4n) is 9.38. The lowest BCUT2D eigenvalue weighted by molar-refractivity contribution is -0.150. The van der Waals surface area contributed by atoms with Gasteiger partial charge in [-0.15, -0.1) is 0 Å². The van der Waals surface area contributed by atoms with E-state index in [1.165, 1.54) is 31.3 Å². The number of halogens is 1. The van der Waals surface area contributed by atoms with Crippen LogP contribution < -0.4 is 4.84 Å². The zero-order valence-electron chi connectivity index (χ0n) is 22.9. The monoisotopic (exact) mass is 536 g/mol. The standard InChI is InChI=1S/C32H41ClN2O3/c1-19(36)25-10-11-26-24-9-8-21-17-22(12-14-31(21,2)27(24)13-15-32(25,26)3)38-30(37)29(35-33)16-20-18-34-28-7-5-4-6-23(20)28/h4-7,17-18,22,24-27,29,34-35H,8-16H2,1-3H3/t22-,24?,25+,26?,27?,29-,31-,32+/m0/s1. The van der Waals surface area contributed by atoms with Gasteiger partial charge in [0.05, 0.1) is 0 Å². The van der Waals surface area contributed by atoms with Gasteiger partial charge in [0, 0.05) is 29.4 Å². The molecule has 2 N–H and O–H groups in total. The van der Waals surface area contributed by atoms with Gasteiger partial charge >= 0.3 is 5.97 Å². The molecular weight excluding hydrogens is 496 g/mol. The summed E-state index contributed by atoms with van der Waals surface area (Å²) in [5, 5.41) is 1.10. The highest BCUT2D eigenvalue weighted by molar-refractivity contribution is 6.14. The molecule has 8 atom stereocenters. The first-order valence-electron chi connectivity index (χ1n) is 14.6. The molecule has 4 aliphatic carbocycles. The minimum absolute atomic E-state index is 0.176. The highest BCUT2D eigenvalue weighted by Crippen LogP contribution is 2.66. The lowest BCUT2D eigenvalue weighted by Crippen LogP contribution is -2.51. The molecule has 204 valence electrons. The summed E-state index contributed by atoms with van der Waals surface area (Å²) in [6.07, 6.45) is 13.3. The summed E-state index contributed by atoms with van der Waals surface area (Å²) >= 11 is 6.05. The normalized spacial score (nSPS) is 37.1. The highest BCUT2D eigenvalue weighted by Gasteiger charge is 2.59. The fraction of sp³-hybridized carbons (Fsp3) is 0.625. The molecular formula is C32H41ClN2O3. The molecule has 0 amide bonds. The number of hydrogen-bond donors (Lipinski definition) is 2. The Morgan fingerprint density at radius 3 is 2.71 bits per heavy atom. The van der Waals surface area contributed by atoms with Crippen molar-refractivity contribution < 1.29 is 14.3 Å². The first kappa shape index (κ1) is 26.1. The van der Waals surface area contributed by atoms with E-state index in [9.17, 15) is 9.59 Å². The van der Waals surface area contributed by atoms with Gasteiger partial charge < -0.3 is 9.72 Å². The van der Waals surface area contributed by atoms with Gasteiger partial charge in [-0.25, -0.2) is 4.84 Å². The minimum Gasteiger partial charge on any atom is -0.457 e. The van der Waals surface area contributed by atoms with E-state index in [-0.39, 0.29) is 28.8 Å². The molecule has 0 radical (unpaired) electrons. The molecule has 0 aliphatic heterocycles. The third-order valence-corrected chi connectivity index (χ3v) is 11.6.